The van der Waals surface area contributed by atoms with Gasteiger partial charge in [0.2, 0.25) is 0 Å². The topological polar surface area (TPSA) is 68.1 Å². The summed E-state index contributed by atoms with van der Waals surface area (Å²) in [6.45, 7) is 4.39. The Hall–Kier alpha value is -2.18. The van der Waals surface area contributed by atoms with Gasteiger partial charge in [0.05, 0.1) is 12.3 Å². The van der Waals surface area contributed by atoms with Crippen LogP contribution in [0.1, 0.15) is 55.4 Å². The SMILES string of the molecule is CCCCC1=NOC(C(=O)O)(C(OCc2ccccc2C)c2ccc(Br)cc2)C1. The highest BCUT2D eigenvalue weighted by atomic mass is 79.9. The van der Waals surface area contributed by atoms with Gasteiger partial charge in [0.1, 0.15) is 6.10 Å². The molecular weight excluding hydrogens is 434 g/mol. The summed E-state index contributed by atoms with van der Waals surface area (Å²) in [4.78, 5) is 18.0. The van der Waals surface area contributed by atoms with E-state index in [9.17, 15) is 9.90 Å². The number of benzene rings is 2. The monoisotopic (exact) mass is 459 g/mol. The van der Waals surface area contributed by atoms with Crippen molar-refractivity contribution >= 4 is 27.6 Å². The van der Waals surface area contributed by atoms with Crippen LogP contribution >= 0.6 is 15.9 Å². The van der Waals surface area contributed by atoms with Crippen molar-refractivity contribution in [2.24, 2.45) is 5.16 Å². The third-order valence-corrected chi connectivity index (χ3v) is 5.78. The number of rotatable bonds is 9. The molecule has 29 heavy (non-hydrogen) atoms. The molecule has 0 fully saturated rings. The summed E-state index contributed by atoms with van der Waals surface area (Å²) in [6, 6.07) is 15.4. The van der Waals surface area contributed by atoms with Gasteiger partial charge >= 0.3 is 5.97 Å². The van der Waals surface area contributed by atoms with Gasteiger partial charge < -0.3 is 14.7 Å². The predicted molar refractivity (Wildman–Crippen MR) is 116 cm³/mol. The van der Waals surface area contributed by atoms with Crippen molar-refractivity contribution in [3.8, 4) is 0 Å². The van der Waals surface area contributed by atoms with Crippen LogP contribution in [0.5, 0.6) is 0 Å². The van der Waals surface area contributed by atoms with Gasteiger partial charge in [-0.1, -0.05) is 70.8 Å². The van der Waals surface area contributed by atoms with Gasteiger partial charge in [-0.05, 0) is 48.6 Å². The minimum Gasteiger partial charge on any atom is -0.478 e. The smallest absolute Gasteiger partial charge is 0.354 e. The molecule has 1 heterocycles. The summed E-state index contributed by atoms with van der Waals surface area (Å²) < 4.78 is 7.15. The number of carbonyl (C=O) groups is 1. The van der Waals surface area contributed by atoms with E-state index in [0.29, 0.717) is 0 Å². The van der Waals surface area contributed by atoms with Crippen LogP contribution in [-0.2, 0) is 21.0 Å². The molecule has 6 heteroatoms. The van der Waals surface area contributed by atoms with E-state index in [-0.39, 0.29) is 13.0 Å². The molecule has 154 valence electrons. The lowest BCUT2D eigenvalue weighted by Crippen LogP contribution is -2.46. The number of halogens is 1. The normalized spacial score (nSPS) is 19.5. The molecular formula is C23H26BrNO4. The molecule has 0 aliphatic carbocycles. The van der Waals surface area contributed by atoms with Crippen molar-refractivity contribution in [3.63, 3.8) is 0 Å². The number of hydrogen-bond acceptors (Lipinski definition) is 4. The van der Waals surface area contributed by atoms with E-state index in [1.807, 2.05) is 55.5 Å². The van der Waals surface area contributed by atoms with Crippen LogP contribution in [0.25, 0.3) is 0 Å². The predicted octanol–water partition coefficient (Wildman–Crippen LogP) is 5.81. The highest BCUT2D eigenvalue weighted by molar-refractivity contribution is 9.10. The summed E-state index contributed by atoms with van der Waals surface area (Å²) in [5.41, 5.74) is 2.06. The van der Waals surface area contributed by atoms with Gasteiger partial charge in [-0.3, -0.25) is 0 Å². The Balaban J connectivity index is 1.91. The lowest BCUT2D eigenvalue weighted by Gasteiger charge is -2.31. The Morgan fingerprint density at radius 1 is 1.28 bits per heavy atom. The van der Waals surface area contributed by atoms with E-state index in [2.05, 4.69) is 28.0 Å². The lowest BCUT2D eigenvalue weighted by molar-refractivity contribution is -0.187. The number of unbranched alkanes of at least 4 members (excludes halogenated alkanes) is 1. The van der Waals surface area contributed by atoms with Gasteiger partial charge in [0.25, 0.3) is 5.60 Å². The minimum atomic E-state index is -1.57. The molecule has 1 aliphatic heterocycles. The van der Waals surface area contributed by atoms with E-state index >= 15 is 0 Å². The maximum atomic E-state index is 12.4. The highest BCUT2D eigenvalue weighted by Crippen LogP contribution is 2.41. The number of aryl methyl sites for hydroxylation is 1. The van der Waals surface area contributed by atoms with Crippen LogP contribution in [0.15, 0.2) is 58.2 Å². The van der Waals surface area contributed by atoms with Crippen molar-refractivity contribution in [2.75, 3.05) is 0 Å². The zero-order chi connectivity index (χ0) is 20.9. The maximum Gasteiger partial charge on any atom is 0.354 e. The zero-order valence-electron chi connectivity index (χ0n) is 16.7. The van der Waals surface area contributed by atoms with Crippen molar-refractivity contribution in [1.82, 2.24) is 0 Å². The highest BCUT2D eigenvalue weighted by Gasteiger charge is 2.54. The van der Waals surface area contributed by atoms with Gasteiger partial charge in [0, 0.05) is 10.9 Å². The Kier molecular flexibility index (Phi) is 7.09. The average molecular weight is 460 g/mol. The average Bonchev–Trinajstić information content (AvgIpc) is 3.14. The van der Waals surface area contributed by atoms with Gasteiger partial charge in [0.15, 0.2) is 0 Å². The molecule has 3 rings (SSSR count). The van der Waals surface area contributed by atoms with Crippen LogP contribution in [-0.4, -0.2) is 22.4 Å². The Labute approximate surface area is 179 Å². The molecule has 0 amide bonds. The number of ether oxygens (including phenoxy) is 1. The fraction of sp³-hybridized carbons (Fsp3) is 0.391. The summed E-state index contributed by atoms with van der Waals surface area (Å²) >= 11 is 3.43. The van der Waals surface area contributed by atoms with Crippen LogP contribution < -0.4 is 0 Å². The molecule has 2 atom stereocenters. The number of nitrogens with zero attached hydrogens (tertiary/aromatic N) is 1. The van der Waals surface area contributed by atoms with E-state index < -0.39 is 17.7 Å². The standard InChI is InChI=1S/C23H26BrNO4/c1-3-4-9-20-14-23(22(26)27,29-25-20)21(17-10-12-19(24)13-11-17)28-15-18-8-6-5-7-16(18)2/h5-8,10-13,21H,3-4,9,14-15H2,1-2H3,(H,26,27). The number of hydrogen-bond donors (Lipinski definition) is 1. The molecule has 0 spiro atoms. The number of carboxylic acids is 1. The number of oxime groups is 1. The first kappa shape index (κ1) is 21.5. The largest absolute Gasteiger partial charge is 0.478 e. The van der Waals surface area contributed by atoms with Gasteiger partial charge in [-0.25, -0.2) is 4.79 Å². The molecule has 0 aromatic heterocycles. The van der Waals surface area contributed by atoms with E-state index in [1.165, 1.54) is 0 Å². The van der Waals surface area contributed by atoms with Gasteiger partial charge in [-0.15, -0.1) is 0 Å². The molecule has 2 aromatic carbocycles. The first-order valence-electron chi connectivity index (χ1n) is 9.85. The van der Waals surface area contributed by atoms with E-state index in [0.717, 1.165) is 46.1 Å². The summed E-state index contributed by atoms with van der Waals surface area (Å²) in [6.07, 6.45) is 2.12. The third kappa shape index (κ3) is 4.87. The second-order valence-electron chi connectivity index (χ2n) is 7.39. The fourth-order valence-electron chi connectivity index (χ4n) is 3.48. The molecule has 5 nitrogen and oxygen atoms in total. The van der Waals surface area contributed by atoms with E-state index in [4.69, 9.17) is 9.57 Å². The fourth-order valence-corrected chi connectivity index (χ4v) is 3.74. The van der Waals surface area contributed by atoms with E-state index in [1.54, 1.807) is 0 Å². The Morgan fingerprint density at radius 2 is 2.00 bits per heavy atom. The second kappa shape index (κ2) is 9.55. The number of aliphatic carboxylic acids is 1. The lowest BCUT2D eigenvalue weighted by atomic mass is 9.85. The quantitative estimate of drug-likeness (QED) is 0.513. The molecule has 0 radical (unpaired) electrons. The van der Waals surface area contributed by atoms with Crippen molar-refractivity contribution < 1.29 is 19.5 Å². The summed E-state index contributed by atoms with van der Waals surface area (Å²) in [5, 5.41) is 14.3. The van der Waals surface area contributed by atoms with Crippen LogP contribution in [0, 0.1) is 6.92 Å². The molecule has 1 aliphatic rings. The Bertz CT molecular complexity index is 881. The van der Waals surface area contributed by atoms with Gasteiger partial charge in [-0.2, -0.15) is 0 Å². The molecule has 1 N–H and O–H groups in total. The minimum absolute atomic E-state index is 0.219. The number of carboxylic acid groups (broad SMARTS) is 1. The summed E-state index contributed by atoms with van der Waals surface area (Å²) in [7, 11) is 0. The zero-order valence-corrected chi connectivity index (χ0v) is 18.3. The van der Waals surface area contributed by atoms with Crippen LogP contribution in [0.2, 0.25) is 0 Å². The molecule has 0 saturated heterocycles. The van der Waals surface area contributed by atoms with Crippen molar-refractivity contribution in [3.05, 3.63) is 69.7 Å². The first-order valence-corrected chi connectivity index (χ1v) is 10.6. The Morgan fingerprint density at radius 3 is 2.66 bits per heavy atom. The van der Waals surface area contributed by atoms with Crippen LogP contribution in [0.4, 0.5) is 0 Å². The second-order valence-corrected chi connectivity index (χ2v) is 8.31. The molecule has 0 saturated carbocycles. The first-order chi connectivity index (χ1) is 14.0. The molecule has 2 aromatic rings. The summed E-state index contributed by atoms with van der Waals surface area (Å²) in [5.74, 6) is -1.06. The third-order valence-electron chi connectivity index (χ3n) is 5.25. The molecule has 2 unspecified atom stereocenters. The van der Waals surface area contributed by atoms with Crippen molar-refractivity contribution in [1.29, 1.82) is 0 Å². The maximum absolute atomic E-state index is 12.4. The van der Waals surface area contributed by atoms with Crippen molar-refractivity contribution in [2.45, 2.75) is 57.8 Å². The van der Waals surface area contributed by atoms with Crippen LogP contribution in [0.3, 0.4) is 0 Å². The molecule has 0 bridgehead atoms.